The number of H-pyrrole nitrogens is 1. The molecule has 3 aromatic carbocycles. The highest BCUT2D eigenvalue weighted by Gasteiger charge is 2.25. The SMILES string of the molecule is CC(C)(C)Cc1ccc2ccc(CC(C)(C)c3nc4ccccc4[nH]3)cc2c1. The van der Waals surface area contributed by atoms with Crippen LogP contribution in [0.1, 0.15) is 51.6 Å². The Morgan fingerprint density at radius 1 is 0.750 bits per heavy atom. The fourth-order valence-electron chi connectivity index (χ4n) is 4.05. The molecular weight excluding hydrogens is 340 g/mol. The maximum Gasteiger partial charge on any atom is 0.113 e. The van der Waals surface area contributed by atoms with Gasteiger partial charge in [0.1, 0.15) is 5.82 Å². The van der Waals surface area contributed by atoms with Gasteiger partial charge in [-0.1, -0.05) is 83.1 Å². The van der Waals surface area contributed by atoms with E-state index in [-0.39, 0.29) is 5.41 Å². The summed E-state index contributed by atoms with van der Waals surface area (Å²) < 4.78 is 0. The van der Waals surface area contributed by atoms with Crippen molar-refractivity contribution in [2.24, 2.45) is 5.41 Å². The van der Waals surface area contributed by atoms with Crippen LogP contribution in [-0.4, -0.2) is 9.97 Å². The van der Waals surface area contributed by atoms with Crippen LogP contribution in [0.4, 0.5) is 0 Å². The summed E-state index contributed by atoms with van der Waals surface area (Å²) in [6.07, 6.45) is 2.05. The van der Waals surface area contributed by atoms with Crippen LogP contribution < -0.4 is 0 Å². The monoisotopic (exact) mass is 370 g/mol. The van der Waals surface area contributed by atoms with Crippen molar-refractivity contribution in [2.75, 3.05) is 0 Å². The minimum atomic E-state index is -0.0598. The molecule has 0 saturated carbocycles. The Kier molecular flexibility index (Phi) is 4.53. The van der Waals surface area contributed by atoms with Gasteiger partial charge in [-0.15, -0.1) is 0 Å². The van der Waals surface area contributed by atoms with Crippen LogP contribution in [-0.2, 0) is 18.3 Å². The van der Waals surface area contributed by atoms with Crippen LogP contribution in [0.25, 0.3) is 21.8 Å². The fraction of sp³-hybridized carbons (Fsp3) is 0.346. The molecule has 0 spiro atoms. The van der Waals surface area contributed by atoms with Gasteiger partial charge >= 0.3 is 0 Å². The van der Waals surface area contributed by atoms with Gasteiger partial charge in [0, 0.05) is 5.41 Å². The van der Waals surface area contributed by atoms with Crippen molar-refractivity contribution < 1.29 is 0 Å². The van der Waals surface area contributed by atoms with Gasteiger partial charge in [0.05, 0.1) is 11.0 Å². The van der Waals surface area contributed by atoms with E-state index in [4.69, 9.17) is 4.98 Å². The third kappa shape index (κ3) is 3.96. The molecule has 2 heteroatoms. The number of nitrogens with one attached hydrogen (secondary N) is 1. The van der Waals surface area contributed by atoms with Crippen molar-refractivity contribution in [3.8, 4) is 0 Å². The molecule has 0 radical (unpaired) electrons. The van der Waals surface area contributed by atoms with Gasteiger partial charge in [-0.25, -0.2) is 4.98 Å². The molecule has 0 aliphatic heterocycles. The Labute approximate surface area is 168 Å². The third-order valence-corrected chi connectivity index (χ3v) is 5.38. The van der Waals surface area contributed by atoms with Crippen molar-refractivity contribution in [3.63, 3.8) is 0 Å². The maximum absolute atomic E-state index is 4.84. The average Bonchev–Trinajstić information content (AvgIpc) is 3.05. The zero-order valence-corrected chi connectivity index (χ0v) is 17.6. The molecule has 28 heavy (non-hydrogen) atoms. The second-order valence-corrected chi connectivity index (χ2v) is 9.92. The van der Waals surface area contributed by atoms with Gasteiger partial charge in [0.25, 0.3) is 0 Å². The van der Waals surface area contributed by atoms with Gasteiger partial charge in [-0.2, -0.15) is 0 Å². The van der Waals surface area contributed by atoms with E-state index in [2.05, 4.69) is 94.2 Å². The van der Waals surface area contributed by atoms with Gasteiger partial charge in [-0.3, -0.25) is 0 Å². The third-order valence-electron chi connectivity index (χ3n) is 5.38. The molecule has 0 amide bonds. The smallest absolute Gasteiger partial charge is 0.113 e. The summed E-state index contributed by atoms with van der Waals surface area (Å²) in [7, 11) is 0. The molecular formula is C26H30N2. The van der Waals surface area contributed by atoms with E-state index in [1.165, 1.54) is 21.9 Å². The van der Waals surface area contributed by atoms with E-state index in [0.717, 1.165) is 29.7 Å². The van der Waals surface area contributed by atoms with Crippen LogP contribution in [0.2, 0.25) is 0 Å². The van der Waals surface area contributed by atoms with Crippen LogP contribution in [0.15, 0.2) is 60.7 Å². The van der Waals surface area contributed by atoms with E-state index >= 15 is 0 Å². The van der Waals surface area contributed by atoms with Gasteiger partial charge < -0.3 is 4.98 Å². The van der Waals surface area contributed by atoms with Crippen molar-refractivity contribution in [3.05, 3.63) is 77.6 Å². The van der Waals surface area contributed by atoms with Crippen molar-refractivity contribution in [1.29, 1.82) is 0 Å². The van der Waals surface area contributed by atoms with E-state index in [9.17, 15) is 0 Å². The number of aromatic nitrogens is 2. The Bertz CT molecular complexity index is 1090. The van der Waals surface area contributed by atoms with Gasteiger partial charge in [0.15, 0.2) is 0 Å². The van der Waals surface area contributed by atoms with Crippen LogP contribution in [0.5, 0.6) is 0 Å². The molecule has 0 aliphatic rings. The number of para-hydroxylation sites is 2. The second kappa shape index (κ2) is 6.77. The molecule has 0 bridgehead atoms. The summed E-state index contributed by atoms with van der Waals surface area (Å²) in [6.45, 7) is 11.4. The number of aromatic amines is 1. The standard InChI is InChI=1S/C26H30N2/c1-25(2,3)16-18-10-12-20-13-11-19(15-21(20)14-18)17-26(4,5)24-27-22-8-6-7-9-23(22)28-24/h6-15H,16-17H2,1-5H3,(H,27,28). The first-order valence-electron chi connectivity index (χ1n) is 10.2. The number of fused-ring (bicyclic) bond motifs is 2. The summed E-state index contributed by atoms with van der Waals surface area (Å²) in [5.74, 6) is 1.05. The van der Waals surface area contributed by atoms with E-state index in [1.54, 1.807) is 0 Å². The Balaban J connectivity index is 1.64. The van der Waals surface area contributed by atoms with Crippen LogP contribution in [0, 0.1) is 5.41 Å². The Morgan fingerprint density at radius 2 is 1.39 bits per heavy atom. The lowest BCUT2D eigenvalue weighted by atomic mass is 9.84. The Hall–Kier alpha value is -2.61. The number of imidazole rings is 1. The molecule has 4 aromatic rings. The van der Waals surface area contributed by atoms with E-state index in [1.807, 2.05) is 6.07 Å². The zero-order chi connectivity index (χ0) is 19.9. The highest BCUT2D eigenvalue weighted by atomic mass is 14.9. The summed E-state index contributed by atoms with van der Waals surface area (Å²) >= 11 is 0. The first-order chi connectivity index (χ1) is 13.2. The minimum absolute atomic E-state index is 0.0598. The lowest BCUT2D eigenvalue weighted by molar-refractivity contribution is 0.411. The largest absolute Gasteiger partial charge is 0.342 e. The highest BCUT2D eigenvalue weighted by molar-refractivity contribution is 5.84. The molecule has 2 nitrogen and oxygen atoms in total. The van der Waals surface area contributed by atoms with E-state index < -0.39 is 0 Å². The summed E-state index contributed by atoms with van der Waals surface area (Å²) in [4.78, 5) is 8.36. The molecule has 0 fully saturated rings. The lowest BCUT2D eigenvalue weighted by Gasteiger charge is -2.22. The molecule has 0 aliphatic carbocycles. The molecule has 0 unspecified atom stereocenters. The second-order valence-electron chi connectivity index (χ2n) is 9.92. The molecule has 1 aromatic heterocycles. The molecule has 144 valence electrons. The fourth-order valence-corrected chi connectivity index (χ4v) is 4.05. The van der Waals surface area contributed by atoms with Crippen molar-refractivity contribution in [1.82, 2.24) is 9.97 Å². The molecule has 1 N–H and O–H groups in total. The topological polar surface area (TPSA) is 28.7 Å². The number of hydrogen-bond acceptors (Lipinski definition) is 1. The molecule has 0 atom stereocenters. The lowest BCUT2D eigenvalue weighted by Crippen LogP contribution is -2.22. The quantitative estimate of drug-likeness (QED) is 0.419. The van der Waals surface area contributed by atoms with Crippen LogP contribution >= 0.6 is 0 Å². The van der Waals surface area contributed by atoms with Gasteiger partial charge in [-0.05, 0) is 52.3 Å². The maximum atomic E-state index is 4.84. The molecule has 0 saturated heterocycles. The van der Waals surface area contributed by atoms with Crippen molar-refractivity contribution in [2.45, 2.75) is 52.9 Å². The summed E-state index contributed by atoms with van der Waals surface area (Å²) in [5.41, 5.74) is 5.15. The number of hydrogen-bond donors (Lipinski definition) is 1. The number of benzene rings is 3. The highest BCUT2D eigenvalue weighted by Crippen LogP contribution is 2.30. The van der Waals surface area contributed by atoms with Crippen LogP contribution in [0.3, 0.4) is 0 Å². The summed E-state index contributed by atoms with van der Waals surface area (Å²) in [5, 5.41) is 2.64. The van der Waals surface area contributed by atoms with Crippen molar-refractivity contribution >= 4 is 21.8 Å². The first kappa shape index (κ1) is 18.7. The number of rotatable bonds is 4. The average molecular weight is 371 g/mol. The molecule has 4 rings (SSSR count). The minimum Gasteiger partial charge on any atom is -0.342 e. The predicted molar refractivity (Wildman–Crippen MR) is 120 cm³/mol. The molecule has 1 heterocycles. The predicted octanol–water partition coefficient (Wildman–Crippen LogP) is 6.83. The van der Waals surface area contributed by atoms with Gasteiger partial charge in [0.2, 0.25) is 0 Å². The zero-order valence-electron chi connectivity index (χ0n) is 17.6. The first-order valence-corrected chi connectivity index (χ1v) is 10.2. The van der Waals surface area contributed by atoms with E-state index in [0.29, 0.717) is 5.41 Å². The summed E-state index contributed by atoms with van der Waals surface area (Å²) in [6, 6.07) is 22.0. The normalized spacial score (nSPS) is 12.8. The Morgan fingerprint density at radius 3 is 2.04 bits per heavy atom. The number of nitrogens with zero attached hydrogens (tertiary/aromatic N) is 1.